The van der Waals surface area contributed by atoms with Gasteiger partial charge in [0.15, 0.2) is 0 Å². The molecule has 160 valence electrons. The van der Waals surface area contributed by atoms with Crippen molar-refractivity contribution in [3.05, 3.63) is 24.0 Å². The average Bonchev–Trinajstić information content (AvgIpc) is 3.49. The average molecular weight is 419 g/mol. The van der Waals surface area contributed by atoms with Crippen LogP contribution in [-0.2, 0) is 23.1 Å². The lowest BCUT2D eigenvalue weighted by Gasteiger charge is -2.29. The van der Waals surface area contributed by atoms with Gasteiger partial charge in [0.25, 0.3) is 0 Å². The standard InChI is InChI=1S/C22H34N4O2S/c1-4-26-21-13-12-19(29(27,28)24(2)3)14-20(21)23-22(26)16-25(18-10-11-18)15-17-8-6-5-7-9-17/h12-14,17-18H,4-11,15-16H2,1-3H3. The predicted octanol–water partition coefficient (Wildman–Crippen LogP) is 3.85. The van der Waals surface area contributed by atoms with E-state index in [9.17, 15) is 8.42 Å². The van der Waals surface area contributed by atoms with Crippen molar-refractivity contribution in [2.75, 3.05) is 20.6 Å². The van der Waals surface area contributed by atoms with E-state index in [1.807, 2.05) is 6.07 Å². The quantitative estimate of drug-likeness (QED) is 0.653. The summed E-state index contributed by atoms with van der Waals surface area (Å²) in [5, 5.41) is 0. The van der Waals surface area contributed by atoms with Gasteiger partial charge in [0.1, 0.15) is 5.82 Å². The van der Waals surface area contributed by atoms with E-state index in [0.717, 1.165) is 35.9 Å². The maximum Gasteiger partial charge on any atom is 0.242 e. The van der Waals surface area contributed by atoms with Crippen LogP contribution in [0.25, 0.3) is 11.0 Å². The number of nitrogens with zero attached hydrogens (tertiary/aromatic N) is 4. The zero-order valence-electron chi connectivity index (χ0n) is 18.0. The zero-order valence-corrected chi connectivity index (χ0v) is 18.8. The lowest BCUT2D eigenvalue weighted by Crippen LogP contribution is -2.33. The van der Waals surface area contributed by atoms with E-state index in [0.29, 0.717) is 10.9 Å². The molecule has 1 heterocycles. The largest absolute Gasteiger partial charge is 0.327 e. The Hall–Kier alpha value is -1.44. The fourth-order valence-corrected chi connectivity index (χ4v) is 5.59. The molecule has 7 heteroatoms. The van der Waals surface area contributed by atoms with Gasteiger partial charge in [-0.25, -0.2) is 17.7 Å². The van der Waals surface area contributed by atoms with Gasteiger partial charge in [0, 0.05) is 33.2 Å². The lowest BCUT2D eigenvalue weighted by atomic mass is 9.89. The van der Waals surface area contributed by atoms with Gasteiger partial charge in [-0.1, -0.05) is 19.3 Å². The fourth-order valence-electron chi connectivity index (χ4n) is 4.67. The molecule has 2 fully saturated rings. The molecular formula is C22H34N4O2S. The minimum atomic E-state index is -3.45. The van der Waals surface area contributed by atoms with Crippen molar-refractivity contribution in [3.63, 3.8) is 0 Å². The van der Waals surface area contributed by atoms with E-state index < -0.39 is 10.0 Å². The second kappa shape index (κ2) is 8.36. The number of fused-ring (bicyclic) bond motifs is 1. The van der Waals surface area contributed by atoms with E-state index in [-0.39, 0.29) is 0 Å². The van der Waals surface area contributed by atoms with Crippen LogP contribution in [-0.4, -0.2) is 53.9 Å². The summed E-state index contributed by atoms with van der Waals surface area (Å²) in [6.07, 6.45) is 9.45. The van der Waals surface area contributed by atoms with Gasteiger partial charge in [0.05, 0.1) is 22.5 Å². The number of imidazole rings is 1. The third-order valence-corrected chi connectivity index (χ3v) is 8.33. The summed E-state index contributed by atoms with van der Waals surface area (Å²) in [6.45, 7) is 5.02. The van der Waals surface area contributed by atoms with Gasteiger partial charge in [-0.05, 0) is 56.7 Å². The highest BCUT2D eigenvalue weighted by molar-refractivity contribution is 7.89. The third-order valence-electron chi connectivity index (χ3n) is 6.52. The summed E-state index contributed by atoms with van der Waals surface area (Å²) < 4.78 is 28.5. The highest BCUT2D eigenvalue weighted by atomic mass is 32.2. The maximum atomic E-state index is 12.5. The monoisotopic (exact) mass is 418 g/mol. The minimum Gasteiger partial charge on any atom is -0.327 e. The molecule has 0 aliphatic heterocycles. The molecule has 2 aliphatic carbocycles. The molecule has 2 saturated carbocycles. The molecule has 0 radical (unpaired) electrons. The Bertz CT molecular complexity index is 957. The van der Waals surface area contributed by atoms with Crippen molar-refractivity contribution in [1.29, 1.82) is 0 Å². The van der Waals surface area contributed by atoms with Crippen molar-refractivity contribution in [1.82, 2.24) is 18.8 Å². The molecule has 2 aromatic rings. The second-order valence-electron chi connectivity index (χ2n) is 8.87. The molecule has 0 saturated heterocycles. The SMILES string of the molecule is CCn1c(CN(CC2CCCCC2)C2CC2)nc2cc(S(=O)(=O)N(C)C)ccc21. The van der Waals surface area contributed by atoms with Crippen molar-refractivity contribution in [2.24, 2.45) is 5.92 Å². The second-order valence-corrected chi connectivity index (χ2v) is 11.0. The molecule has 0 unspecified atom stereocenters. The summed E-state index contributed by atoms with van der Waals surface area (Å²) in [7, 11) is -0.323. The van der Waals surface area contributed by atoms with E-state index in [1.165, 1.54) is 55.8 Å². The Labute approximate surface area is 174 Å². The molecule has 2 aliphatic rings. The Balaban J connectivity index is 1.61. The van der Waals surface area contributed by atoms with Crippen LogP contribution in [0.1, 0.15) is 57.7 Å². The molecule has 4 rings (SSSR count). The Morgan fingerprint density at radius 1 is 1.10 bits per heavy atom. The molecule has 6 nitrogen and oxygen atoms in total. The van der Waals surface area contributed by atoms with Crippen molar-refractivity contribution < 1.29 is 8.42 Å². The highest BCUT2D eigenvalue weighted by Gasteiger charge is 2.32. The summed E-state index contributed by atoms with van der Waals surface area (Å²) in [4.78, 5) is 7.85. The Morgan fingerprint density at radius 2 is 1.83 bits per heavy atom. The smallest absolute Gasteiger partial charge is 0.242 e. The first-order valence-electron chi connectivity index (χ1n) is 11.1. The maximum absolute atomic E-state index is 12.5. The zero-order chi connectivity index (χ0) is 20.6. The molecular weight excluding hydrogens is 384 g/mol. The summed E-state index contributed by atoms with van der Waals surface area (Å²) in [6, 6.07) is 6.04. The summed E-state index contributed by atoms with van der Waals surface area (Å²) >= 11 is 0. The third kappa shape index (κ3) is 4.37. The van der Waals surface area contributed by atoms with Gasteiger partial charge in [-0.15, -0.1) is 0 Å². The minimum absolute atomic E-state index is 0.309. The number of rotatable bonds is 8. The van der Waals surface area contributed by atoms with Crippen LogP contribution >= 0.6 is 0 Å². The van der Waals surface area contributed by atoms with E-state index >= 15 is 0 Å². The van der Waals surface area contributed by atoms with Gasteiger partial charge < -0.3 is 4.57 Å². The number of benzene rings is 1. The van der Waals surface area contributed by atoms with Crippen molar-refractivity contribution in [2.45, 2.75) is 75.9 Å². The van der Waals surface area contributed by atoms with Crippen molar-refractivity contribution >= 4 is 21.1 Å². The first-order chi connectivity index (χ1) is 13.9. The topological polar surface area (TPSA) is 58.4 Å². The van der Waals surface area contributed by atoms with Crippen molar-refractivity contribution in [3.8, 4) is 0 Å². The molecule has 0 spiro atoms. The number of hydrogen-bond donors (Lipinski definition) is 0. The summed E-state index contributed by atoms with van der Waals surface area (Å²) in [5.41, 5.74) is 1.80. The van der Waals surface area contributed by atoms with Gasteiger partial charge >= 0.3 is 0 Å². The fraction of sp³-hybridized carbons (Fsp3) is 0.682. The number of aromatic nitrogens is 2. The Morgan fingerprint density at radius 3 is 2.45 bits per heavy atom. The van der Waals surface area contributed by atoms with Gasteiger partial charge in [-0.3, -0.25) is 4.90 Å². The van der Waals surface area contributed by atoms with Crippen LogP contribution in [0.4, 0.5) is 0 Å². The van der Waals surface area contributed by atoms with E-state index in [1.54, 1.807) is 26.2 Å². The van der Waals surface area contributed by atoms with E-state index in [4.69, 9.17) is 4.98 Å². The van der Waals surface area contributed by atoms with Crippen LogP contribution < -0.4 is 0 Å². The van der Waals surface area contributed by atoms with Crippen LogP contribution in [0.15, 0.2) is 23.1 Å². The molecule has 0 bridgehead atoms. The summed E-state index contributed by atoms with van der Waals surface area (Å²) in [5.74, 6) is 1.88. The number of aryl methyl sites for hydroxylation is 1. The molecule has 0 amide bonds. The van der Waals surface area contributed by atoms with Gasteiger partial charge in [-0.2, -0.15) is 0 Å². The van der Waals surface area contributed by atoms with Crippen LogP contribution in [0.3, 0.4) is 0 Å². The highest BCUT2D eigenvalue weighted by Crippen LogP contribution is 2.33. The molecule has 1 aromatic carbocycles. The molecule has 0 N–H and O–H groups in total. The Kier molecular flexibility index (Phi) is 6.00. The number of sulfonamides is 1. The van der Waals surface area contributed by atoms with E-state index in [2.05, 4.69) is 16.4 Å². The molecule has 1 aromatic heterocycles. The van der Waals surface area contributed by atoms with Crippen LogP contribution in [0.2, 0.25) is 0 Å². The molecule has 29 heavy (non-hydrogen) atoms. The normalized spacial score (nSPS) is 18.9. The molecule has 0 atom stereocenters. The predicted molar refractivity (Wildman–Crippen MR) is 116 cm³/mol. The first kappa shape index (κ1) is 20.8. The first-order valence-corrected chi connectivity index (χ1v) is 12.5. The van der Waals surface area contributed by atoms with Crippen LogP contribution in [0.5, 0.6) is 0 Å². The van der Waals surface area contributed by atoms with Crippen LogP contribution in [0, 0.1) is 5.92 Å². The number of hydrogen-bond acceptors (Lipinski definition) is 4. The van der Waals surface area contributed by atoms with Gasteiger partial charge in [0.2, 0.25) is 10.0 Å². The lowest BCUT2D eigenvalue weighted by molar-refractivity contribution is 0.180.